The van der Waals surface area contributed by atoms with Gasteiger partial charge in [-0.1, -0.05) is 11.6 Å². The standard InChI is InChI=1S/C12H7ClN2O2S/c13-9-5-3-8(4-6-9)11-14-15(12(16)17-11)10-2-1-7-18-10/h1-7H. The Hall–Kier alpha value is -1.85. The molecule has 0 atom stereocenters. The van der Waals surface area contributed by atoms with Crippen molar-refractivity contribution < 1.29 is 4.42 Å². The second-order valence-electron chi connectivity index (χ2n) is 3.54. The van der Waals surface area contributed by atoms with Gasteiger partial charge in [0.05, 0.1) is 0 Å². The molecular formula is C12H7ClN2O2S. The van der Waals surface area contributed by atoms with Crippen molar-refractivity contribution in [1.29, 1.82) is 0 Å². The molecule has 4 nitrogen and oxygen atoms in total. The summed E-state index contributed by atoms with van der Waals surface area (Å²) in [4.78, 5) is 11.7. The lowest BCUT2D eigenvalue weighted by Gasteiger charge is -1.94. The molecule has 0 aliphatic rings. The fraction of sp³-hybridized carbons (Fsp3) is 0. The smallest absolute Gasteiger partial charge is 0.387 e. The highest BCUT2D eigenvalue weighted by atomic mass is 35.5. The number of nitrogens with zero attached hydrogens (tertiary/aromatic N) is 2. The van der Waals surface area contributed by atoms with Gasteiger partial charge in [0.15, 0.2) is 0 Å². The molecule has 0 N–H and O–H groups in total. The van der Waals surface area contributed by atoms with E-state index < -0.39 is 5.76 Å². The van der Waals surface area contributed by atoms with Crippen LogP contribution in [0.25, 0.3) is 16.5 Å². The zero-order chi connectivity index (χ0) is 12.5. The summed E-state index contributed by atoms with van der Waals surface area (Å²) in [5.74, 6) is -0.215. The van der Waals surface area contributed by atoms with Crippen LogP contribution in [-0.4, -0.2) is 9.78 Å². The van der Waals surface area contributed by atoms with Gasteiger partial charge in [0, 0.05) is 10.6 Å². The van der Waals surface area contributed by atoms with Gasteiger partial charge in [0.1, 0.15) is 5.00 Å². The fourth-order valence-electron chi connectivity index (χ4n) is 1.52. The second-order valence-corrected chi connectivity index (χ2v) is 4.91. The van der Waals surface area contributed by atoms with Crippen molar-refractivity contribution in [1.82, 2.24) is 9.78 Å². The third-order valence-electron chi connectivity index (χ3n) is 2.35. The fourth-order valence-corrected chi connectivity index (χ4v) is 2.31. The van der Waals surface area contributed by atoms with Crippen LogP contribution in [0.5, 0.6) is 0 Å². The predicted octanol–water partition coefficient (Wildman–Crippen LogP) is 3.21. The van der Waals surface area contributed by atoms with Crippen LogP contribution < -0.4 is 5.76 Å². The van der Waals surface area contributed by atoms with E-state index in [1.807, 2.05) is 11.4 Å². The molecule has 2 heterocycles. The summed E-state index contributed by atoms with van der Waals surface area (Å²) in [6.45, 7) is 0. The van der Waals surface area contributed by atoms with Crippen molar-refractivity contribution in [3.05, 3.63) is 57.4 Å². The summed E-state index contributed by atoms with van der Waals surface area (Å²) >= 11 is 7.22. The van der Waals surface area contributed by atoms with Gasteiger partial charge in [-0.3, -0.25) is 0 Å². The average molecular weight is 279 g/mol. The van der Waals surface area contributed by atoms with Crippen LogP contribution in [0, 0.1) is 0 Å². The summed E-state index contributed by atoms with van der Waals surface area (Å²) in [6, 6.07) is 10.6. The van der Waals surface area contributed by atoms with E-state index in [0.717, 1.165) is 5.00 Å². The Morgan fingerprint density at radius 3 is 2.67 bits per heavy atom. The van der Waals surface area contributed by atoms with Crippen molar-refractivity contribution in [3.8, 4) is 16.5 Å². The van der Waals surface area contributed by atoms with E-state index in [1.165, 1.54) is 16.0 Å². The van der Waals surface area contributed by atoms with Crippen LogP contribution >= 0.6 is 22.9 Å². The Morgan fingerprint density at radius 1 is 1.22 bits per heavy atom. The largest absolute Gasteiger partial charge is 0.443 e. The molecule has 0 bridgehead atoms. The lowest BCUT2D eigenvalue weighted by atomic mass is 10.2. The van der Waals surface area contributed by atoms with E-state index in [9.17, 15) is 4.79 Å². The van der Waals surface area contributed by atoms with E-state index >= 15 is 0 Å². The van der Waals surface area contributed by atoms with Crippen molar-refractivity contribution >= 4 is 22.9 Å². The maximum absolute atomic E-state index is 11.7. The molecule has 0 aliphatic carbocycles. The molecule has 3 rings (SSSR count). The quantitative estimate of drug-likeness (QED) is 0.723. The lowest BCUT2D eigenvalue weighted by molar-refractivity contribution is 0.517. The first kappa shape index (κ1) is 11.3. The zero-order valence-corrected chi connectivity index (χ0v) is 10.6. The summed E-state index contributed by atoms with van der Waals surface area (Å²) in [5.41, 5.74) is 0.715. The van der Waals surface area contributed by atoms with Crippen molar-refractivity contribution in [2.75, 3.05) is 0 Å². The molecule has 0 aliphatic heterocycles. The van der Waals surface area contributed by atoms with Gasteiger partial charge in [0.25, 0.3) is 0 Å². The van der Waals surface area contributed by atoms with Gasteiger partial charge in [-0.2, -0.15) is 4.68 Å². The monoisotopic (exact) mass is 278 g/mol. The minimum atomic E-state index is -0.498. The van der Waals surface area contributed by atoms with Crippen molar-refractivity contribution in [2.24, 2.45) is 0 Å². The van der Waals surface area contributed by atoms with E-state index in [1.54, 1.807) is 30.3 Å². The summed E-state index contributed by atoms with van der Waals surface area (Å²) in [7, 11) is 0. The van der Waals surface area contributed by atoms with E-state index in [0.29, 0.717) is 10.6 Å². The molecule has 1 aromatic carbocycles. The molecule has 0 unspecified atom stereocenters. The normalized spacial score (nSPS) is 10.7. The van der Waals surface area contributed by atoms with Gasteiger partial charge in [-0.05, 0) is 41.8 Å². The molecule has 0 saturated carbocycles. The molecule has 3 aromatic rings. The topological polar surface area (TPSA) is 48.0 Å². The van der Waals surface area contributed by atoms with E-state index in [2.05, 4.69) is 5.10 Å². The van der Waals surface area contributed by atoms with Crippen molar-refractivity contribution in [3.63, 3.8) is 0 Å². The Bertz CT molecular complexity index is 713. The van der Waals surface area contributed by atoms with Gasteiger partial charge >= 0.3 is 5.76 Å². The first-order chi connectivity index (χ1) is 8.74. The van der Waals surface area contributed by atoms with Crippen molar-refractivity contribution in [2.45, 2.75) is 0 Å². The second kappa shape index (κ2) is 4.44. The Morgan fingerprint density at radius 2 is 2.00 bits per heavy atom. The van der Waals surface area contributed by atoms with Crippen LogP contribution in [0.4, 0.5) is 0 Å². The van der Waals surface area contributed by atoms with Crippen LogP contribution in [-0.2, 0) is 0 Å². The average Bonchev–Trinajstić information content (AvgIpc) is 2.99. The summed E-state index contributed by atoms with van der Waals surface area (Å²) in [5, 5.41) is 7.38. The maximum atomic E-state index is 11.7. The van der Waals surface area contributed by atoms with E-state index in [4.69, 9.17) is 16.0 Å². The lowest BCUT2D eigenvalue weighted by Crippen LogP contribution is -2.11. The highest BCUT2D eigenvalue weighted by molar-refractivity contribution is 7.12. The predicted molar refractivity (Wildman–Crippen MR) is 70.4 cm³/mol. The maximum Gasteiger partial charge on any atom is 0.443 e. The van der Waals surface area contributed by atoms with E-state index in [-0.39, 0.29) is 5.89 Å². The van der Waals surface area contributed by atoms with Crippen LogP contribution in [0.15, 0.2) is 51.0 Å². The Kier molecular flexibility index (Phi) is 2.77. The number of aromatic nitrogens is 2. The number of rotatable bonds is 2. The Labute approximate surface area is 111 Å². The minimum Gasteiger partial charge on any atom is -0.387 e. The highest BCUT2D eigenvalue weighted by Gasteiger charge is 2.11. The first-order valence-electron chi connectivity index (χ1n) is 5.14. The minimum absolute atomic E-state index is 0.282. The third-order valence-corrected chi connectivity index (χ3v) is 3.45. The van der Waals surface area contributed by atoms with Crippen LogP contribution in [0.3, 0.4) is 0 Å². The summed E-state index contributed by atoms with van der Waals surface area (Å²) in [6.07, 6.45) is 0. The number of hydrogen-bond acceptors (Lipinski definition) is 4. The van der Waals surface area contributed by atoms with Crippen LogP contribution in [0.1, 0.15) is 0 Å². The molecule has 0 radical (unpaired) electrons. The van der Waals surface area contributed by atoms with Crippen LogP contribution in [0.2, 0.25) is 5.02 Å². The van der Waals surface area contributed by atoms with Gasteiger partial charge in [0.2, 0.25) is 5.89 Å². The zero-order valence-electron chi connectivity index (χ0n) is 9.04. The SMILES string of the molecule is O=c1oc(-c2ccc(Cl)cc2)nn1-c1cccs1. The molecule has 0 fully saturated rings. The highest BCUT2D eigenvalue weighted by Crippen LogP contribution is 2.20. The molecule has 2 aromatic heterocycles. The molecule has 0 spiro atoms. The molecule has 18 heavy (non-hydrogen) atoms. The van der Waals surface area contributed by atoms with Gasteiger partial charge < -0.3 is 4.42 Å². The molecule has 6 heteroatoms. The van der Waals surface area contributed by atoms with Gasteiger partial charge in [-0.15, -0.1) is 16.4 Å². The first-order valence-corrected chi connectivity index (χ1v) is 6.40. The Balaban J connectivity index is 2.08. The molecule has 90 valence electrons. The molecular weight excluding hydrogens is 272 g/mol. The third kappa shape index (κ3) is 1.98. The number of hydrogen-bond donors (Lipinski definition) is 0. The molecule has 0 amide bonds. The number of thiophene rings is 1. The van der Waals surface area contributed by atoms with Gasteiger partial charge in [-0.25, -0.2) is 4.79 Å². The molecule has 0 saturated heterocycles. The summed E-state index contributed by atoms with van der Waals surface area (Å²) < 4.78 is 6.37. The number of benzene rings is 1. The number of halogens is 1.